The molecule has 0 bridgehead atoms. The zero-order valence-corrected chi connectivity index (χ0v) is 20.3. The van der Waals surface area contributed by atoms with Gasteiger partial charge in [-0.15, -0.1) is 0 Å². The Hall–Kier alpha value is -3.78. The van der Waals surface area contributed by atoms with E-state index in [9.17, 15) is 0 Å². The molecule has 0 aliphatic carbocycles. The summed E-state index contributed by atoms with van der Waals surface area (Å²) in [5, 5.41) is 9.66. The third-order valence-electron chi connectivity index (χ3n) is 6.03. The molecule has 0 aromatic carbocycles. The Morgan fingerprint density at radius 3 is 2.71 bits per heavy atom. The first-order valence-electron chi connectivity index (χ1n) is 11.6. The summed E-state index contributed by atoms with van der Waals surface area (Å²) in [5.74, 6) is 1.66. The average Bonchev–Trinajstić information content (AvgIpc) is 3.47. The second-order valence-electron chi connectivity index (χ2n) is 8.30. The molecule has 8 nitrogen and oxygen atoms in total. The molecule has 0 spiro atoms. The molecule has 0 saturated carbocycles. The number of nitrogens with one attached hydrogen (secondary N) is 2. The fourth-order valence-corrected chi connectivity index (χ4v) is 4.08. The van der Waals surface area contributed by atoms with Crippen LogP contribution in [0, 0.1) is 0 Å². The first-order valence-corrected chi connectivity index (χ1v) is 11.6. The molecule has 2 N–H and O–H groups in total. The molecule has 1 aliphatic rings. The van der Waals surface area contributed by atoms with Gasteiger partial charge in [0.15, 0.2) is 11.6 Å². The molecular weight excluding hydrogens is 424 g/mol. The van der Waals surface area contributed by atoms with Crippen LogP contribution in [-0.4, -0.2) is 69.5 Å². The second-order valence-corrected chi connectivity index (χ2v) is 8.30. The van der Waals surface area contributed by atoms with Crippen LogP contribution in [0.1, 0.15) is 20.8 Å². The minimum atomic E-state index is 0.729. The molecule has 8 heteroatoms. The number of hydrogen-bond acceptors (Lipinski definition) is 6. The highest BCUT2D eigenvalue weighted by Crippen LogP contribution is 2.25. The van der Waals surface area contributed by atoms with Gasteiger partial charge in [0.2, 0.25) is 0 Å². The number of allylic oxidation sites excluding steroid dienone is 4. The van der Waals surface area contributed by atoms with Gasteiger partial charge in [0.05, 0.1) is 16.6 Å². The Labute approximate surface area is 199 Å². The van der Waals surface area contributed by atoms with Crippen molar-refractivity contribution in [3.63, 3.8) is 0 Å². The number of H-pyrrole nitrogens is 2. The second kappa shape index (κ2) is 10.4. The lowest BCUT2D eigenvalue weighted by molar-refractivity contribution is 0.312. The zero-order valence-electron chi connectivity index (χ0n) is 20.3. The molecular formula is C26H32N8. The molecule has 0 radical (unpaired) electrons. The molecule has 34 heavy (non-hydrogen) atoms. The molecule has 0 unspecified atom stereocenters. The molecule has 0 atom stereocenters. The first kappa shape index (κ1) is 23.4. The number of piperazine rings is 1. The summed E-state index contributed by atoms with van der Waals surface area (Å²) >= 11 is 0. The molecule has 0 amide bonds. The summed E-state index contributed by atoms with van der Waals surface area (Å²) in [7, 11) is 2.15. The zero-order chi connectivity index (χ0) is 24.1. The van der Waals surface area contributed by atoms with Crippen molar-refractivity contribution in [1.29, 1.82) is 0 Å². The Bertz CT molecular complexity index is 1380. The van der Waals surface area contributed by atoms with Crippen LogP contribution in [0.3, 0.4) is 0 Å². The Morgan fingerprint density at radius 2 is 2.00 bits per heavy atom. The van der Waals surface area contributed by atoms with Crippen LogP contribution >= 0.6 is 0 Å². The fraction of sp³-hybridized carbons (Fsp3) is 0.308. The van der Waals surface area contributed by atoms with Crippen molar-refractivity contribution in [2.45, 2.75) is 20.8 Å². The van der Waals surface area contributed by atoms with Gasteiger partial charge in [-0.3, -0.25) is 10.1 Å². The van der Waals surface area contributed by atoms with Crippen molar-refractivity contribution in [3.8, 4) is 11.5 Å². The normalized spacial score (nSPS) is 17.5. The quantitative estimate of drug-likeness (QED) is 0.440. The average molecular weight is 457 g/mol. The van der Waals surface area contributed by atoms with E-state index in [2.05, 4.69) is 48.6 Å². The monoisotopic (exact) mass is 456 g/mol. The standard InChI is InChI=1S/C26H32N8/c1-6-12-27-20(8-3)18(4)9-10-21-19(7-2)23(32-31-21)25-29-22-11-13-28-26(24(22)30-25)34-16-14-33(5)15-17-34/h6-13,31H,1,14-17H2,2-5H3,(H,29,30)/b18-9+,19-7-,20-8-,21-10+,27-12?. The fourth-order valence-electron chi connectivity index (χ4n) is 4.08. The van der Waals surface area contributed by atoms with E-state index in [1.807, 2.05) is 57.3 Å². The first-order chi connectivity index (χ1) is 16.5. The number of imidazole rings is 1. The highest BCUT2D eigenvalue weighted by atomic mass is 15.3. The van der Waals surface area contributed by atoms with Crippen molar-refractivity contribution in [1.82, 2.24) is 30.0 Å². The lowest BCUT2D eigenvalue weighted by Crippen LogP contribution is -2.44. The maximum atomic E-state index is 4.93. The van der Waals surface area contributed by atoms with Crippen LogP contribution < -0.4 is 15.5 Å². The predicted octanol–water partition coefficient (Wildman–Crippen LogP) is 2.79. The number of hydrogen-bond donors (Lipinski definition) is 2. The Balaban J connectivity index is 1.71. The lowest BCUT2D eigenvalue weighted by atomic mass is 10.2. The van der Waals surface area contributed by atoms with Crippen LogP contribution in [0.25, 0.3) is 34.7 Å². The number of likely N-dealkylation sites (N-methyl/N-ethyl adjacent to an activating group) is 1. The van der Waals surface area contributed by atoms with Crippen molar-refractivity contribution >= 4 is 35.2 Å². The van der Waals surface area contributed by atoms with Gasteiger partial charge in [-0.25, -0.2) is 9.97 Å². The third kappa shape index (κ3) is 4.77. The van der Waals surface area contributed by atoms with Gasteiger partial charge in [0.25, 0.3) is 0 Å². The van der Waals surface area contributed by atoms with E-state index in [-0.39, 0.29) is 0 Å². The summed E-state index contributed by atoms with van der Waals surface area (Å²) in [6.45, 7) is 13.6. The summed E-state index contributed by atoms with van der Waals surface area (Å²) < 4.78 is 0. The summed E-state index contributed by atoms with van der Waals surface area (Å²) in [6, 6.07) is 1.97. The van der Waals surface area contributed by atoms with Crippen LogP contribution in [0.4, 0.5) is 5.82 Å². The van der Waals surface area contributed by atoms with Gasteiger partial charge in [-0.2, -0.15) is 5.10 Å². The minimum absolute atomic E-state index is 0.729. The van der Waals surface area contributed by atoms with Crippen molar-refractivity contribution in [2.75, 3.05) is 38.1 Å². The Kier molecular flexibility index (Phi) is 7.18. The van der Waals surface area contributed by atoms with E-state index < -0.39 is 0 Å². The third-order valence-corrected chi connectivity index (χ3v) is 6.03. The van der Waals surface area contributed by atoms with E-state index in [0.717, 1.165) is 76.4 Å². The summed E-state index contributed by atoms with van der Waals surface area (Å²) in [4.78, 5) is 22.1. The number of fused-ring (bicyclic) bond motifs is 1. The number of aliphatic imine (C=N–C) groups is 1. The number of rotatable bonds is 6. The maximum Gasteiger partial charge on any atom is 0.159 e. The number of aromatic nitrogens is 5. The van der Waals surface area contributed by atoms with Gasteiger partial charge in [0, 0.05) is 43.8 Å². The van der Waals surface area contributed by atoms with Crippen molar-refractivity contribution < 1.29 is 0 Å². The van der Waals surface area contributed by atoms with Crippen LogP contribution in [-0.2, 0) is 0 Å². The van der Waals surface area contributed by atoms with Gasteiger partial charge in [-0.1, -0.05) is 30.9 Å². The van der Waals surface area contributed by atoms with E-state index in [4.69, 9.17) is 4.98 Å². The molecule has 1 aliphatic heterocycles. The number of pyridine rings is 1. The molecule has 1 saturated heterocycles. The SMILES string of the molecule is C=CC=NC(=C\C)/C(C)=C/C=c1/[nH]nc(-c2nc3c(N4CCN(C)CC4)nccc3[nH]2)/c1=C\C. The molecule has 4 heterocycles. The summed E-state index contributed by atoms with van der Waals surface area (Å²) in [5.41, 5.74) is 4.58. The van der Waals surface area contributed by atoms with Gasteiger partial charge >= 0.3 is 0 Å². The maximum absolute atomic E-state index is 4.93. The van der Waals surface area contributed by atoms with E-state index >= 15 is 0 Å². The number of aromatic amines is 2. The van der Waals surface area contributed by atoms with Crippen LogP contribution in [0.15, 0.2) is 53.3 Å². The molecule has 4 rings (SSSR count). The molecule has 3 aromatic rings. The van der Waals surface area contributed by atoms with Gasteiger partial charge in [0.1, 0.15) is 11.2 Å². The molecule has 3 aromatic heterocycles. The lowest BCUT2D eigenvalue weighted by Gasteiger charge is -2.33. The van der Waals surface area contributed by atoms with Crippen LogP contribution in [0.2, 0.25) is 0 Å². The van der Waals surface area contributed by atoms with Gasteiger partial charge in [-0.05, 0) is 45.5 Å². The largest absolute Gasteiger partial charge is 0.352 e. The van der Waals surface area contributed by atoms with E-state index in [1.54, 1.807) is 12.3 Å². The van der Waals surface area contributed by atoms with E-state index in [0.29, 0.717) is 0 Å². The van der Waals surface area contributed by atoms with Crippen LogP contribution in [0.5, 0.6) is 0 Å². The number of nitrogens with zero attached hydrogens (tertiary/aromatic N) is 6. The van der Waals surface area contributed by atoms with Gasteiger partial charge < -0.3 is 14.8 Å². The topological polar surface area (TPSA) is 89.1 Å². The van der Waals surface area contributed by atoms with Crippen molar-refractivity contribution in [2.24, 2.45) is 4.99 Å². The number of anilines is 1. The summed E-state index contributed by atoms with van der Waals surface area (Å²) in [6.07, 6.45) is 13.3. The van der Waals surface area contributed by atoms with Crippen molar-refractivity contribution in [3.05, 3.63) is 58.9 Å². The smallest absolute Gasteiger partial charge is 0.159 e. The molecule has 1 fully saturated rings. The Morgan fingerprint density at radius 1 is 1.21 bits per heavy atom. The molecule has 176 valence electrons. The predicted molar refractivity (Wildman–Crippen MR) is 141 cm³/mol. The highest BCUT2D eigenvalue weighted by molar-refractivity contribution is 5.88. The van der Waals surface area contributed by atoms with E-state index in [1.165, 1.54) is 0 Å². The highest BCUT2D eigenvalue weighted by Gasteiger charge is 2.20. The minimum Gasteiger partial charge on any atom is -0.352 e.